The quantitative estimate of drug-likeness (QED) is 0.586. The smallest absolute Gasteiger partial charge is 0.258 e. The lowest BCUT2D eigenvalue weighted by Gasteiger charge is -2.20. The van der Waals surface area contributed by atoms with Crippen LogP contribution >= 0.6 is 11.3 Å². The minimum atomic E-state index is -0.0420. The first-order chi connectivity index (χ1) is 12.7. The number of hydrogen-bond donors (Lipinski definition) is 1. The van der Waals surface area contributed by atoms with E-state index in [1.165, 1.54) is 28.0 Å². The van der Waals surface area contributed by atoms with Gasteiger partial charge in [-0.25, -0.2) is 4.98 Å². The molecule has 2 aromatic carbocycles. The van der Waals surface area contributed by atoms with Crippen LogP contribution in [0.25, 0.3) is 4.96 Å². The number of benzene rings is 2. The van der Waals surface area contributed by atoms with E-state index in [0.29, 0.717) is 6.54 Å². The average Bonchev–Trinajstić information content (AvgIpc) is 3.13. The van der Waals surface area contributed by atoms with E-state index in [1.807, 2.05) is 23.6 Å². The van der Waals surface area contributed by atoms with E-state index in [1.54, 1.807) is 16.7 Å². The van der Waals surface area contributed by atoms with Gasteiger partial charge in [-0.1, -0.05) is 60.2 Å². The predicted molar refractivity (Wildman–Crippen MR) is 106 cm³/mol. The first kappa shape index (κ1) is 16.7. The van der Waals surface area contributed by atoms with Crippen molar-refractivity contribution in [1.29, 1.82) is 0 Å². The third-order valence-corrected chi connectivity index (χ3v) is 5.14. The topological polar surface area (TPSA) is 46.4 Å². The van der Waals surface area contributed by atoms with Gasteiger partial charge in [0.15, 0.2) is 4.96 Å². The first-order valence-corrected chi connectivity index (χ1v) is 9.39. The van der Waals surface area contributed by atoms with Gasteiger partial charge in [0, 0.05) is 24.2 Å². The lowest BCUT2D eigenvalue weighted by Crippen LogP contribution is -2.24. The molecule has 0 aliphatic rings. The second-order valence-corrected chi connectivity index (χ2v) is 7.15. The fourth-order valence-corrected chi connectivity index (χ4v) is 3.76. The van der Waals surface area contributed by atoms with Gasteiger partial charge in [0.2, 0.25) is 0 Å². The summed E-state index contributed by atoms with van der Waals surface area (Å²) in [5.41, 5.74) is 4.32. The van der Waals surface area contributed by atoms with Crippen LogP contribution in [-0.4, -0.2) is 9.38 Å². The molecule has 4 nitrogen and oxygen atoms in total. The van der Waals surface area contributed by atoms with E-state index < -0.39 is 0 Å². The van der Waals surface area contributed by atoms with Crippen molar-refractivity contribution in [3.05, 3.63) is 105 Å². The molecule has 2 heterocycles. The van der Waals surface area contributed by atoms with Crippen LogP contribution < -0.4 is 10.9 Å². The van der Waals surface area contributed by atoms with Crippen LogP contribution in [0.1, 0.15) is 28.4 Å². The number of aryl methyl sites for hydroxylation is 1. The Morgan fingerprint density at radius 3 is 2.58 bits per heavy atom. The summed E-state index contributed by atoms with van der Waals surface area (Å²) in [4.78, 5) is 17.5. The summed E-state index contributed by atoms with van der Waals surface area (Å²) < 4.78 is 1.57. The van der Waals surface area contributed by atoms with Crippen LogP contribution in [0, 0.1) is 6.92 Å². The average molecular weight is 361 g/mol. The minimum absolute atomic E-state index is 0.0420. The maximum absolute atomic E-state index is 12.2. The molecule has 0 spiro atoms. The highest BCUT2D eigenvalue weighted by molar-refractivity contribution is 7.15. The summed E-state index contributed by atoms with van der Waals surface area (Å²) in [6.45, 7) is 2.61. The molecule has 0 amide bonds. The fourth-order valence-electron chi connectivity index (χ4n) is 3.02. The summed E-state index contributed by atoms with van der Waals surface area (Å²) >= 11 is 1.47. The van der Waals surface area contributed by atoms with Crippen molar-refractivity contribution in [2.45, 2.75) is 19.5 Å². The summed E-state index contributed by atoms with van der Waals surface area (Å²) in [5.74, 6) is 0. The summed E-state index contributed by atoms with van der Waals surface area (Å²) in [7, 11) is 0. The maximum Gasteiger partial charge on any atom is 0.258 e. The molecule has 1 atom stereocenters. The fraction of sp³-hybridized carbons (Fsp3) is 0.143. The molecule has 0 radical (unpaired) electrons. The van der Waals surface area contributed by atoms with E-state index in [2.05, 4.69) is 53.6 Å². The van der Waals surface area contributed by atoms with Gasteiger partial charge in [0.25, 0.3) is 5.56 Å². The second-order valence-electron chi connectivity index (χ2n) is 6.28. The Hall–Kier alpha value is -2.76. The molecule has 2 aromatic heterocycles. The standard InChI is InChI=1S/C21H19N3OS/c1-15-7-9-17(10-8-15)20(16-5-3-2-4-6-16)22-14-18-13-19(25)24-11-12-26-21(24)23-18/h2-13,20,22H,14H2,1H3/t20-/m0/s1. The van der Waals surface area contributed by atoms with Crippen molar-refractivity contribution < 1.29 is 0 Å². The van der Waals surface area contributed by atoms with Gasteiger partial charge in [-0.3, -0.25) is 9.20 Å². The molecule has 0 aliphatic carbocycles. The van der Waals surface area contributed by atoms with Gasteiger partial charge < -0.3 is 5.32 Å². The molecule has 0 aliphatic heterocycles. The van der Waals surface area contributed by atoms with Crippen LogP contribution in [0.15, 0.2) is 77.0 Å². The highest BCUT2D eigenvalue weighted by Crippen LogP contribution is 2.23. The molecule has 26 heavy (non-hydrogen) atoms. The molecule has 1 N–H and O–H groups in total. The van der Waals surface area contributed by atoms with Gasteiger partial charge in [-0.05, 0) is 18.1 Å². The van der Waals surface area contributed by atoms with Gasteiger partial charge in [0.1, 0.15) is 0 Å². The largest absolute Gasteiger partial charge is 0.301 e. The normalized spacial score (nSPS) is 12.3. The van der Waals surface area contributed by atoms with Crippen molar-refractivity contribution >= 4 is 16.3 Å². The van der Waals surface area contributed by atoms with Crippen LogP contribution in [0.5, 0.6) is 0 Å². The molecule has 0 saturated carbocycles. The molecule has 130 valence electrons. The molecule has 5 heteroatoms. The zero-order valence-corrected chi connectivity index (χ0v) is 15.2. The summed E-state index contributed by atoms with van der Waals surface area (Å²) in [5, 5.41) is 5.44. The van der Waals surface area contributed by atoms with Crippen molar-refractivity contribution in [3.63, 3.8) is 0 Å². The molecule has 4 rings (SSSR count). The molecular formula is C21H19N3OS. The molecule has 0 saturated heterocycles. The molecule has 4 aromatic rings. The SMILES string of the molecule is Cc1ccc([C@@H](NCc2cc(=O)n3ccsc3n2)c2ccccc2)cc1. The minimum Gasteiger partial charge on any atom is -0.301 e. The third kappa shape index (κ3) is 3.45. The molecule has 0 unspecified atom stereocenters. The van der Waals surface area contributed by atoms with Crippen LogP contribution in [-0.2, 0) is 6.54 Å². The first-order valence-electron chi connectivity index (χ1n) is 8.51. The van der Waals surface area contributed by atoms with Gasteiger partial charge in [-0.15, -0.1) is 11.3 Å². The van der Waals surface area contributed by atoms with Crippen molar-refractivity contribution in [3.8, 4) is 0 Å². The maximum atomic E-state index is 12.2. The number of nitrogens with zero attached hydrogens (tertiary/aromatic N) is 2. The van der Waals surface area contributed by atoms with E-state index >= 15 is 0 Å². The second kappa shape index (κ2) is 7.23. The molecule has 0 bridgehead atoms. The van der Waals surface area contributed by atoms with Crippen LogP contribution in [0.2, 0.25) is 0 Å². The highest BCUT2D eigenvalue weighted by atomic mass is 32.1. The number of thiazole rings is 1. The van der Waals surface area contributed by atoms with Crippen molar-refractivity contribution in [2.24, 2.45) is 0 Å². The Balaban J connectivity index is 1.64. The predicted octanol–water partition coefficient (Wildman–Crippen LogP) is 3.94. The van der Waals surface area contributed by atoms with Crippen LogP contribution in [0.3, 0.4) is 0 Å². The van der Waals surface area contributed by atoms with Crippen LogP contribution in [0.4, 0.5) is 0 Å². The van der Waals surface area contributed by atoms with Crippen molar-refractivity contribution in [2.75, 3.05) is 0 Å². The number of hydrogen-bond acceptors (Lipinski definition) is 4. The number of rotatable bonds is 5. The Morgan fingerprint density at radius 1 is 1.08 bits per heavy atom. The number of nitrogens with one attached hydrogen (secondary N) is 1. The van der Waals surface area contributed by atoms with Gasteiger partial charge >= 0.3 is 0 Å². The van der Waals surface area contributed by atoms with E-state index in [0.717, 1.165) is 10.7 Å². The molecule has 0 fully saturated rings. The van der Waals surface area contributed by atoms with Gasteiger partial charge in [-0.2, -0.15) is 0 Å². The Labute approximate surface area is 155 Å². The van der Waals surface area contributed by atoms with Crippen molar-refractivity contribution in [1.82, 2.24) is 14.7 Å². The zero-order valence-electron chi connectivity index (χ0n) is 14.4. The monoisotopic (exact) mass is 361 g/mol. The molecular weight excluding hydrogens is 342 g/mol. The lowest BCUT2D eigenvalue weighted by molar-refractivity contribution is 0.596. The van der Waals surface area contributed by atoms with E-state index in [-0.39, 0.29) is 11.6 Å². The number of aromatic nitrogens is 2. The third-order valence-electron chi connectivity index (χ3n) is 4.39. The zero-order chi connectivity index (χ0) is 17.9. The lowest BCUT2D eigenvalue weighted by atomic mass is 9.98. The van der Waals surface area contributed by atoms with E-state index in [4.69, 9.17) is 0 Å². The van der Waals surface area contributed by atoms with E-state index in [9.17, 15) is 4.79 Å². The highest BCUT2D eigenvalue weighted by Gasteiger charge is 2.14. The Kier molecular flexibility index (Phi) is 4.65. The van der Waals surface area contributed by atoms with Gasteiger partial charge in [0.05, 0.1) is 11.7 Å². The Bertz CT molecular complexity index is 1070. The number of fused-ring (bicyclic) bond motifs is 1. The Morgan fingerprint density at radius 2 is 1.81 bits per heavy atom. The summed E-state index contributed by atoms with van der Waals surface area (Å²) in [6.07, 6.45) is 1.76. The summed E-state index contributed by atoms with van der Waals surface area (Å²) in [6, 6.07) is 20.5.